The Morgan fingerprint density at radius 2 is 1.52 bits per heavy atom. The van der Waals surface area contributed by atoms with Gasteiger partial charge in [0.1, 0.15) is 0 Å². The predicted octanol–water partition coefficient (Wildman–Crippen LogP) is 5.74. The van der Waals surface area contributed by atoms with E-state index in [1.165, 1.54) is 82.0 Å². The highest BCUT2D eigenvalue weighted by atomic mass is 15.1. The van der Waals surface area contributed by atoms with Crippen molar-refractivity contribution in [1.82, 2.24) is 4.90 Å². The van der Waals surface area contributed by atoms with E-state index in [2.05, 4.69) is 42.3 Å². The van der Waals surface area contributed by atoms with Gasteiger partial charge in [0.25, 0.3) is 0 Å². The Labute approximate surface area is 142 Å². The summed E-state index contributed by atoms with van der Waals surface area (Å²) in [5, 5.41) is 0. The van der Waals surface area contributed by atoms with Crippen LogP contribution >= 0.6 is 0 Å². The van der Waals surface area contributed by atoms with Crippen LogP contribution in [0.5, 0.6) is 0 Å². The fourth-order valence-electron chi connectivity index (χ4n) is 4.24. The van der Waals surface area contributed by atoms with Gasteiger partial charge in [0.05, 0.1) is 0 Å². The molecule has 1 heteroatoms. The summed E-state index contributed by atoms with van der Waals surface area (Å²) in [6.07, 6.45) is 16.2. The van der Waals surface area contributed by atoms with Crippen LogP contribution in [0.2, 0.25) is 0 Å². The molecular formula is C22H33N. The van der Waals surface area contributed by atoms with E-state index in [1.807, 2.05) is 0 Å². The number of piperidine rings is 1. The zero-order valence-corrected chi connectivity index (χ0v) is 14.9. The van der Waals surface area contributed by atoms with Gasteiger partial charge in [-0.1, -0.05) is 61.9 Å². The highest BCUT2D eigenvalue weighted by Crippen LogP contribution is 2.27. The van der Waals surface area contributed by atoms with Gasteiger partial charge in [0, 0.05) is 13.1 Å². The molecule has 0 spiro atoms. The minimum absolute atomic E-state index is 0.940. The molecule has 1 aromatic carbocycles. The predicted molar refractivity (Wildman–Crippen MR) is 99.6 cm³/mol. The molecule has 1 nitrogen and oxygen atoms in total. The van der Waals surface area contributed by atoms with Gasteiger partial charge in [0.2, 0.25) is 0 Å². The van der Waals surface area contributed by atoms with E-state index in [0.29, 0.717) is 0 Å². The molecule has 23 heavy (non-hydrogen) atoms. The highest BCUT2D eigenvalue weighted by molar-refractivity contribution is 5.26. The molecule has 2 fully saturated rings. The average Bonchev–Trinajstić information content (AvgIpc) is 2.58. The first kappa shape index (κ1) is 16.6. The van der Waals surface area contributed by atoms with Crippen molar-refractivity contribution in [2.45, 2.75) is 71.1 Å². The Morgan fingerprint density at radius 3 is 2.22 bits per heavy atom. The first-order valence-electron chi connectivity index (χ1n) is 9.79. The maximum atomic E-state index is 2.51. The van der Waals surface area contributed by atoms with Crippen molar-refractivity contribution in [3.63, 3.8) is 0 Å². The van der Waals surface area contributed by atoms with E-state index in [4.69, 9.17) is 0 Å². The van der Waals surface area contributed by atoms with Gasteiger partial charge in [-0.15, -0.1) is 0 Å². The van der Waals surface area contributed by atoms with Crippen molar-refractivity contribution in [1.29, 1.82) is 0 Å². The lowest BCUT2D eigenvalue weighted by Gasteiger charge is -2.25. The van der Waals surface area contributed by atoms with Crippen LogP contribution in [0.1, 0.15) is 69.4 Å². The molecule has 2 aliphatic rings. The topological polar surface area (TPSA) is 3.24 Å². The van der Waals surface area contributed by atoms with E-state index in [0.717, 1.165) is 12.3 Å². The molecule has 126 valence electrons. The summed E-state index contributed by atoms with van der Waals surface area (Å²) >= 11 is 0. The van der Waals surface area contributed by atoms with E-state index in [9.17, 15) is 0 Å². The van der Waals surface area contributed by atoms with Crippen LogP contribution in [0.3, 0.4) is 0 Å². The second-order valence-corrected chi connectivity index (χ2v) is 7.77. The monoisotopic (exact) mass is 311 g/mol. The molecule has 0 radical (unpaired) electrons. The first-order chi connectivity index (χ1) is 11.3. The van der Waals surface area contributed by atoms with Gasteiger partial charge in [-0.3, -0.25) is 0 Å². The fraction of sp³-hybridized carbons (Fsp3) is 0.636. The molecule has 0 atom stereocenters. The maximum Gasteiger partial charge on any atom is 0.0172 e. The molecule has 1 saturated carbocycles. The summed E-state index contributed by atoms with van der Waals surface area (Å²) in [5.41, 5.74) is 4.49. The van der Waals surface area contributed by atoms with E-state index >= 15 is 0 Å². The lowest BCUT2D eigenvalue weighted by molar-refractivity contribution is 0.307. The van der Waals surface area contributed by atoms with Crippen LogP contribution in [0.4, 0.5) is 0 Å². The summed E-state index contributed by atoms with van der Waals surface area (Å²) in [7, 11) is 0. The molecule has 1 aliphatic heterocycles. The van der Waals surface area contributed by atoms with Crippen molar-refractivity contribution in [2.24, 2.45) is 5.92 Å². The van der Waals surface area contributed by atoms with E-state index < -0.39 is 0 Å². The summed E-state index contributed by atoms with van der Waals surface area (Å²) in [4.78, 5) is 2.51. The third-order valence-corrected chi connectivity index (χ3v) is 5.55. The van der Waals surface area contributed by atoms with Crippen molar-refractivity contribution in [2.75, 3.05) is 13.1 Å². The third kappa shape index (κ3) is 5.41. The fourth-order valence-corrected chi connectivity index (χ4v) is 4.24. The Balaban J connectivity index is 1.51. The summed E-state index contributed by atoms with van der Waals surface area (Å²) < 4.78 is 0. The van der Waals surface area contributed by atoms with E-state index in [1.54, 1.807) is 5.56 Å². The van der Waals surface area contributed by atoms with Crippen LogP contribution in [-0.4, -0.2) is 18.0 Å². The van der Waals surface area contributed by atoms with Crippen molar-refractivity contribution >= 4 is 0 Å². The normalized spacial score (nSPS) is 20.7. The number of benzene rings is 1. The number of hydrogen-bond acceptors (Lipinski definition) is 1. The van der Waals surface area contributed by atoms with Gasteiger partial charge in [-0.2, -0.15) is 0 Å². The van der Waals surface area contributed by atoms with Gasteiger partial charge in [0.15, 0.2) is 0 Å². The minimum Gasteiger partial charge on any atom is -0.377 e. The molecule has 3 rings (SSSR count). The highest BCUT2D eigenvalue weighted by Gasteiger charge is 2.13. The molecule has 1 saturated heterocycles. The van der Waals surface area contributed by atoms with Crippen molar-refractivity contribution < 1.29 is 0 Å². The van der Waals surface area contributed by atoms with Gasteiger partial charge >= 0.3 is 0 Å². The average molecular weight is 312 g/mol. The molecule has 0 N–H and O–H groups in total. The molecular weight excluding hydrogens is 278 g/mol. The molecule has 1 aromatic rings. The minimum atomic E-state index is 0.940. The summed E-state index contributed by atoms with van der Waals surface area (Å²) in [5.74, 6) is 0.940. The summed E-state index contributed by atoms with van der Waals surface area (Å²) in [6.45, 7) is 4.78. The van der Waals surface area contributed by atoms with Crippen LogP contribution in [0, 0.1) is 5.92 Å². The van der Waals surface area contributed by atoms with Gasteiger partial charge < -0.3 is 4.90 Å². The SMILES string of the molecule is C/C(=C\N1CCCCC1)Cc1ccc(CC2CCCCC2)cc1. The molecule has 1 aliphatic carbocycles. The van der Waals surface area contributed by atoms with Crippen LogP contribution < -0.4 is 0 Å². The van der Waals surface area contributed by atoms with Crippen LogP contribution in [0.15, 0.2) is 36.0 Å². The van der Waals surface area contributed by atoms with Gasteiger partial charge in [-0.05, 0) is 62.3 Å². The largest absolute Gasteiger partial charge is 0.377 e. The molecule has 0 amide bonds. The number of rotatable bonds is 5. The lowest BCUT2D eigenvalue weighted by Crippen LogP contribution is -2.24. The van der Waals surface area contributed by atoms with Gasteiger partial charge in [-0.25, -0.2) is 0 Å². The number of likely N-dealkylation sites (tertiary alicyclic amines) is 1. The maximum absolute atomic E-state index is 2.51. The van der Waals surface area contributed by atoms with Crippen molar-refractivity contribution in [3.05, 3.63) is 47.2 Å². The molecule has 1 heterocycles. The van der Waals surface area contributed by atoms with Crippen LogP contribution in [-0.2, 0) is 12.8 Å². The van der Waals surface area contributed by atoms with Crippen molar-refractivity contribution in [3.8, 4) is 0 Å². The zero-order chi connectivity index (χ0) is 15.9. The first-order valence-corrected chi connectivity index (χ1v) is 9.79. The smallest absolute Gasteiger partial charge is 0.0172 e. The molecule has 0 unspecified atom stereocenters. The Bertz CT molecular complexity index is 487. The Hall–Kier alpha value is -1.24. The lowest BCUT2D eigenvalue weighted by atomic mass is 9.85. The molecule has 0 aromatic heterocycles. The number of hydrogen-bond donors (Lipinski definition) is 0. The number of nitrogens with zero attached hydrogens (tertiary/aromatic N) is 1. The quantitative estimate of drug-likeness (QED) is 0.670. The second-order valence-electron chi connectivity index (χ2n) is 7.77. The van der Waals surface area contributed by atoms with Crippen LogP contribution in [0.25, 0.3) is 0 Å². The Morgan fingerprint density at radius 1 is 0.913 bits per heavy atom. The Kier molecular flexibility index (Phi) is 6.19. The summed E-state index contributed by atoms with van der Waals surface area (Å²) in [6, 6.07) is 9.45. The third-order valence-electron chi connectivity index (χ3n) is 5.55. The number of allylic oxidation sites excluding steroid dienone is 1. The molecule has 0 bridgehead atoms. The van der Waals surface area contributed by atoms with E-state index in [-0.39, 0.29) is 0 Å². The second kappa shape index (κ2) is 8.57. The standard InChI is InChI=1S/C22H33N/c1-19(18-23-14-6-3-7-15-23)16-21-10-12-22(13-11-21)17-20-8-4-2-5-9-20/h10-13,18,20H,2-9,14-17H2,1H3/b19-18+. The zero-order valence-electron chi connectivity index (χ0n) is 14.9.